The highest BCUT2D eigenvalue weighted by molar-refractivity contribution is 7.12. The highest BCUT2D eigenvalue weighted by atomic mass is 32.1. The van der Waals surface area contributed by atoms with E-state index in [0.717, 1.165) is 16.1 Å². The number of hydrogen-bond donors (Lipinski definition) is 2. The van der Waals surface area contributed by atoms with Gasteiger partial charge in [0.25, 0.3) is 5.91 Å². The van der Waals surface area contributed by atoms with Crippen LogP contribution in [0.15, 0.2) is 41.8 Å². The summed E-state index contributed by atoms with van der Waals surface area (Å²) in [4.78, 5) is 15.9. The minimum absolute atomic E-state index is 0.0233. The molecule has 0 saturated carbocycles. The van der Waals surface area contributed by atoms with E-state index in [2.05, 4.69) is 41.5 Å². The monoisotopic (exact) mass is 270 g/mol. The maximum atomic E-state index is 11.8. The van der Waals surface area contributed by atoms with Crippen LogP contribution >= 0.6 is 11.3 Å². The predicted molar refractivity (Wildman–Crippen MR) is 78.5 cm³/mol. The molecule has 2 aromatic heterocycles. The number of rotatable bonds is 3. The second kappa shape index (κ2) is 4.90. The SMILES string of the molecule is Cc1ccc2[nH]c(CNC(=O)c3cccs3)cc2c1. The topological polar surface area (TPSA) is 44.9 Å². The molecule has 0 bridgehead atoms. The summed E-state index contributed by atoms with van der Waals surface area (Å²) < 4.78 is 0. The molecule has 2 heterocycles. The molecular formula is C15H14N2OS. The van der Waals surface area contributed by atoms with Crippen LogP contribution in [0, 0.1) is 6.92 Å². The van der Waals surface area contributed by atoms with E-state index >= 15 is 0 Å². The molecule has 0 unspecified atom stereocenters. The van der Waals surface area contributed by atoms with Gasteiger partial charge in [0.2, 0.25) is 0 Å². The number of nitrogens with one attached hydrogen (secondary N) is 2. The lowest BCUT2D eigenvalue weighted by Gasteiger charge is -2.00. The number of H-pyrrole nitrogens is 1. The molecule has 0 aliphatic carbocycles. The second-order valence-corrected chi connectivity index (χ2v) is 5.49. The maximum Gasteiger partial charge on any atom is 0.261 e. The Bertz CT molecular complexity index is 713. The van der Waals surface area contributed by atoms with Crippen LogP contribution in [0.3, 0.4) is 0 Å². The van der Waals surface area contributed by atoms with E-state index in [0.29, 0.717) is 6.54 Å². The Kier molecular flexibility index (Phi) is 3.09. The summed E-state index contributed by atoms with van der Waals surface area (Å²) in [5.41, 5.74) is 3.36. The van der Waals surface area contributed by atoms with Crippen LogP contribution in [0.25, 0.3) is 10.9 Å². The fourth-order valence-electron chi connectivity index (χ4n) is 2.08. The van der Waals surface area contributed by atoms with E-state index in [1.54, 1.807) is 0 Å². The summed E-state index contributed by atoms with van der Waals surface area (Å²) >= 11 is 1.45. The van der Waals surface area contributed by atoms with Crippen molar-refractivity contribution in [1.29, 1.82) is 0 Å². The summed E-state index contributed by atoms with van der Waals surface area (Å²) in [6.07, 6.45) is 0. The molecule has 0 atom stereocenters. The van der Waals surface area contributed by atoms with Crippen molar-refractivity contribution in [3.8, 4) is 0 Å². The number of carbonyl (C=O) groups excluding carboxylic acids is 1. The fourth-order valence-corrected chi connectivity index (χ4v) is 2.72. The average Bonchev–Trinajstić information content (AvgIpc) is 3.04. The number of thiophene rings is 1. The maximum absolute atomic E-state index is 11.8. The molecule has 0 aliphatic heterocycles. The van der Waals surface area contributed by atoms with Crippen LogP contribution in [0.5, 0.6) is 0 Å². The van der Waals surface area contributed by atoms with Crippen molar-refractivity contribution in [3.63, 3.8) is 0 Å². The molecule has 3 aromatic rings. The summed E-state index contributed by atoms with van der Waals surface area (Å²) in [6, 6.07) is 12.1. The van der Waals surface area contributed by atoms with Gasteiger partial charge in [0.05, 0.1) is 11.4 Å². The smallest absolute Gasteiger partial charge is 0.261 e. The van der Waals surface area contributed by atoms with Crippen molar-refractivity contribution in [1.82, 2.24) is 10.3 Å². The van der Waals surface area contributed by atoms with Crippen LogP contribution in [0.1, 0.15) is 20.9 Å². The Morgan fingerprint density at radius 3 is 3.00 bits per heavy atom. The molecule has 1 aromatic carbocycles. The summed E-state index contributed by atoms with van der Waals surface area (Å²) in [5, 5.41) is 6.00. The van der Waals surface area contributed by atoms with Crippen LogP contribution in [-0.2, 0) is 6.54 Å². The van der Waals surface area contributed by atoms with Gasteiger partial charge in [0.1, 0.15) is 0 Å². The molecular weight excluding hydrogens is 256 g/mol. The number of aromatic amines is 1. The summed E-state index contributed by atoms with van der Waals surface area (Å²) in [6.45, 7) is 2.59. The molecule has 1 amide bonds. The molecule has 0 radical (unpaired) electrons. The first-order chi connectivity index (χ1) is 9.22. The van der Waals surface area contributed by atoms with E-state index in [4.69, 9.17) is 0 Å². The number of aromatic nitrogens is 1. The van der Waals surface area contributed by atoms with Gasteiger partial charge in [-0.1, -0.05) is 17.7 Å². The fraction of sp³-hybridized carbons (Fsp3) is 0.133. The second-order valence-electron chi connectivity index (χ2n) is 4.55. The van der Waals surface area contributed by atoms with Gasteiger partial charge < -0.3 is 10.3 Å². The van der Waals surface area contributed by atoms with E-state index in [-0.39, 0.29) is 5.91 Å². The first-order valence-electron chi connectivity index (χ1n) is 6.12. The Labute approximate surface area is 115 Å². The zero-order chi connectivity index (χ0) is 13.2. The van der Waals surface area contributed by atoms with Crippen molar-refractivity contribution in [2.45, 2.75) is 13.5 Å². The van der Waals surface area contributed by atoms with Crippen LogP contribution in [-0.4, -0.2) is 10.9 Å². The van der Waals surface area contributed by atoms with Crippen molar-refractivity contribution in [2.24, 2.45) is 0 Å². The van der Waals surface area contributed by atoms with Gasteiger partial charge in [-0.3, -0.25) is 4.79 Å². The van der Waals surface area contributed by atoms with E-state index in [9.17, 15) is 4.79 Å². The van der Waals surface area contributed by atoms with Gasteiger partial charge in [-0.05, 0) is 42.0 Å². The highest BCUT2D eigenvalue weighted by Crippen LogP contribution is 2.17. The molecule has 0 fully saturated rings. The first kappa shape index (κ1) is 12.0. The number of amides is 1. The lowest BCUT2D eigenvalue weighted by molar-refractivity contribution is 0.0954. The number of hydrogen-bond acceptors (Lipinski definition) is 2. The van der Waals surface area contributed by atoms with Gasteiger partial charge in [-0.15, -0.1) is 11.3 Å². The van der Waals surface area contributed by atoms with Crippen LogP contribution in [0.2, 0.25) is 0 Å². The van der Waals surface area contributed by atoms with E-state index in [1.807, 2.05) is 17.5 Å². The van der Waals surface area contributed by atoms with Crippen LogP contribution in [0.4, 0.5) is 0 Å². The van der Waals surface area contributed by atoms with Crippen LogP contribution < -0.4 is 5.32 Å². The molecule has 3 rings (SSSR count). The quantitative estimate of drug-likeness (QED) is 0.752. The van der Waals surface area contributed by atoms with Crippen molar-refractivity contribution < 1.29 is 4.79 Å². The van der Waals surface area contributed by atoms with Gasteiger partial charge >= 0.3 is 0 Å². The number of benzene rings is 1. The number of fused-ring (bicyclic) bond motifs is 1. The molecule has 4 heteroatoms. The predicted octanol–water partition coefficient (Wildman–Crippen LogP) is 3.47. The molecule has 19 heavy (non-hydrogen) atoms. The van der Waals surface area contributed by atoms with Gasteiger partial charge in [0, 0.05) is 11.2 Å². The van der Waals surface area contributed by atoms with E-state index in [1.165, 1.54) is 22.3 Å². The Morgan fingerprint density at radius 1 is 1.32 bits per heavy atom. The molecule has 96 valence electrons. The molecule has 0 saturated heterocycles. The minimum atomic E-state index is -0.0233. The number of aryl methyl sites for hydroxylation is 1. The largest absolute Gasteiger partial charge is 0.357 e. The van der Waals surface area contributed by atoms with Crippen molar-refractivity contribution in [2.75, 3.05) is 0 Å². The first-order valence-corrected chi connectivity index (χ1v) is 7.00. The zero-order valence-electron chi connectivity index (χ0n) is 10.6. The molecule has 0 spiro atoms. The average molecular weight is 270 g/mol. The lowest BCUT2D eigenvalue weighted by Crippen LogP contribution is -2.21. The van der Waals surface area contributed by atoms with Crippen molar-refractivity contribution >= 4 is 28.1 Å². The third-order valence-electron chi connectivity index (χ3n) is 3.02. The standard InChI is InChI=1S/C15H14N2OS/c1-10-4-5-13-11(7-10)8-12(17-13)9-16-15(18)14-3-2-6-19-14/h2-8,17H,9H2,1H3,(H,16,18). The zero-order valence-corrected chi connectivity index (χ0v) is 11.4. The van der Waals surface area contributed by atoms with E-state index < -0.39 is 0 Å². The third-order valence-corrected chi connectivity index (χ3v) is 3.89. The Morgan fingerprint density at radius 2 is 2.21 bits per heavy atom. The normalized spacial score (nSPS) is 10.8. The molecule has 2 N–H and O–H groups in total. The Hall–Kier alpha value is -2.07. The van der Waals surface area contributed by atoms with Crippen molar-refractivity contribution in [3.05, 3.63) is 57.9 Å². The minimum Gasteiger partial charge on any atom is -0.357 e. The van der Waals surface area contributed by atoms with Gasteiger partial charge in [0.15, 0.2) is 0 Å². The number of carbonyl (C=O) groups is 1. The van der Waals surface area contributed by atoms with Gasteiger partial charge in [-0.2, -0.15) is 0 Å². The van der Waals surface area contributed by atoms with Gasteiger partial charge in [-0.25, -0.2) is 0 Å². The lowest BCUT2D eigenvalue weighted by atomic mass is 10.2. The third kappa shape index (κ3) is 2.53. The highest BCUT2D eigenvalue weighted by Gasteiger charge is 2.07. The summed E-state index contributed by atoms with van der Waals surface area (Å²) in [7, 11) is 0. The molecule has 0 aliphatic rings. The molecule has 3 nitrogen and oxygen atoms in total. The summed E-state index contributed by atoms with van der Waals surface area (Å²) in [5.74, 6) is -0.0233. The Balaban J connectivity index is 1.73.